The Morgan fingerprint density at radius 3 is 2.62 bits per heavy atom. The number of aliphatic hydroxyl groups is 1. The Hall–Kier alpha value is -0.550. The molecule has 0 aliphatic heterocycles. The van der Waals surface area contributed by atoms with Crippen molar-refractivity contribution in [3.05, 3.63) is 0 Å². The lowest BCUT2D eigenvalue weighted by Crippen LogP contribution is -2.49. The first-order chi connectivity index (χ1) is 7.38. The summed E-state index contributed by atoms with van der Waals surface area (Å²) in [6.45, 7) is 8.34. The summed E-state index contributed by atoms with van der Waals surface area (Å²) in [4.78, 5) is 0. The molecule has 16 heavy (non-hydrogen) atoms. The van der Waals surface area contributed by atoms with Gasteiger partial charge in [-0.25, -0.2) is 0 Å². The molecular weight excluding hydrogens is 198 g/mol. The standard InChI is InChI=1S/C14H25NO/c1-5-13(4,10-15)14(16)8-6-7-12(9-14)11(2)3/h11-12,16H,5-9H2,1-4H3. The van der Waals surface area contributed by atoms with Crippen LogP contribution in [0.25, 0.3) is 0 Å². The maximum absolute atomic E-state index is 10.8. The second-order valence-corrected chi connectivity index (χ2v) is 5.93. The molecule has 1 aliphatic carbocycles. The molecule has 1 rings (SSSR count). The maximum Gasteiger partial charge on any atom is 0.0833 e. The minimum atomic E-state index is -0.774. The highest BCUT2D eigenvalue weighted by molar-refractivity contribution is 5.10. The molecule has 2 heteroatoms. The van der Waals surface area contributed by atoms with Crippen LogP contribution in [0.4, 0.5) is 0 Å². The van der Waals surface area contributed by atoms with Gasteiger partial charge in [0.2, 0.25) is 0 Å². The Morgan fingerprint density at radius 1 is 1.56 bits per heavy atom. The van der Waals surface area contributed by atoms with Gasteiger partial charge in [0.1, 0.15) is 0 Å². The van der Waals surface area contributed by atoms with Crippen LogP contribution in [0, 0.1) is 28.6 Å². The van der Waals surface area contributed by atoms with Gasteiger partial charge < -0.3 is 5.11 Å². The average molecular weight is 223 g/mol. The van der Waals surface area contributed by atoms with Crippen LogP contribution in [-0.4, -0.2) is 10.7 Å². The maximum atomic E-state index is 10.8. The summed E-state index contributed by atoms with van der Waals surface area (Å²) in [7, 11) is 0. The van der Waals surface area contributed by atoms with E-state index in [9.17, 15) is 10.4 Å². The average Bonchev–Trinajstić information content (AvgIpc) is 2.27. The van der Waals surface area contributed by atoms with Crippen molar-refractivity contribution in [1.29, 1.82) is 5.26 Å². The largest absolute Gasteiger partial charge is 0.388 e. The number of rotatable bonds is 3. The first-order valence-corrected chi connectivity index (χ1v) is 6.52. The number of hydrogen-bond donors (Lipinski definition) is 1. The van der Waals surface area contributed by atoms with Gasteiger partial charge in [-0.1, -0.05) is 27.2 Å². The number of hydrogen-bond acceptors (Lipinski definition) is 2. The number of nitriles is 1. The van der Waals surface area contributed by atoms with E-state index >= 15 is 0 Å². The molecule has 0 saturated heterocycles. The minimum Gasteiger partial charge on any atom is -0.388 e. The molecule has 0 radical (unpaired) electrons. The molecule has 92 valence electrons. The Labute approximate surface area is 99.7 Å². The van der Waals surface area contributed by atoms with Crippen LogP contribution in [0.5, 0.6) is 0 Å². The van der Waals surface area contributed by atoms with Crippen molar-refractivity contribution >= 4 is 0 Å². The third-order valence-corrected chi connectivity index (χ3v) is 4.69. The van der Waals surface area contributed by atoms with Crippen LogP contribution in [0.2, 0.25) is 0 Å². The molecule has 3 atom stereocenters. The molecule has 2 nitrogen and oxygen atoms in total. The molecular formula is C14H25NO. The van der Waals surface area contributed by atoms with Crippen LogP contribution in [0.15, 0.2) is 0 Å². The van der Waals surface area contributed by atoms with E-state index in [4.69, 9.17) is 0 Å². The summed E-state index contributed by atoms with van der Waals surface area (Å²) < 4.78 is 0. The lowest BCUT2D eigenvalue weighted by atomic mass is 9.61. The van der Waals surface area contributed by atoms with Crippen molar-refractivity contribution < 1.29 is 5.11 Å². The van der Waals surface area contributed by atoms with E-state index in [0.717, 1.165) is 25.7 Å². The SMILES string of the molecule is CCC(C)(C#N)C1(O)CCCC(C(C)C)C1. The lowest BCUT2D eigenvalue weighted by molar-refractivity contribution is -0.0961. The smallest absolute Gasteiger partial charge is 0.0833 e. The Bertz CT molecular complexity index is 281. The van der Waals surface area contributed by atoms with Gasteiger partial charge in [0.25, 0.3) is 0 Å². The molecule has 0 spiro atoms. The van der Waals surface area contributed by atoms with Gasteiger partial charge in [-0.3, -0.25) is 0 Å². The van der Waals surface area contributed by atoms with Gasteiger partial charge in [0.05, 0.1) is 17.1 Å². The summed E-state index contributed by atoms with van der Waals surface area (Å²) in [5.41, 5.74) is -1.36. The van der Waals surface area contributed by atoms with Crippen molar-refractivity contribution in [2.45, 2.75) is 65.4 Å². The van der Waals surface area contributed by atoms with E-state index in [2.05, 4.69) is 19.9 Å². The summed E-state index contributed by atoms with van der Waals surface area (Å²) >= 11 is 0. The van der Waals surface area contributed by atoms with Crippen molar-refractivity contribution in [2.24, 2.45) is 17.3 Å². The van der Waals surface area contributed by atoms with E-state index in [0.29, 0.717) is 11.8 Å². The zero-order valence-corrected chi connectivity index (χ0v) is 11.1. The van der Waals surface area contributed by atoms with Gasteiger partial charge in [0, 0.05) is 0 Å². The summed E-state index contributed by atoms with van der Waals surface area (Å²) in [6.07, 6.45) is 4.56. The predicted molar refractivity (Wildman–Crippen MR) is 65.8 cm³/mol. The molecule has 0 aromatic carbocycles. The van der Waals surface area contributed by atoms with Gasteiger partial charge in [-0.05, 0) is 44.4 Å². The highest BCUT2D eigenvalue weighted by Gasteiger charge is 2.48. The molecule has 3 unspecified atom stereocenters. The number of nitrogens with zero attached hydrogens (tertiary/aromatic N) is 1. The minimum absolute atomic E-state index is 0.568. The molecule has 1 fully saturated rings. The van der Waals surface area contributed by atoms with Crippen LogP contribution < -0.4 is 0 Å². The van der Waals surface area contributed by atoms with Gasteiger partial charge in [-0.2, -0.15) is 5.26 Å². The van der Waals surface area contributed by atoms with Crippen molar-refractivity contribution in [3.63, 3.8) is 0 Å². The molecule has 0 heterocycles. The van der Waals surface area contributed by atoms with E-state index in [-0.39, 0.29) is 0 Å². The topological polar surface area (TPSA) is 44.0 Å². The normalized spacial score (nSPS) is 34.4. The first kappa shape index (κ1) is 13.5. The van der Waals surface area contributed by atoms with E-state index < -0.39 is 11.0 Å². The molecule has 0 amide bonds. The fourth-order valence-electron chi connectivity index (χ4n) is 2.88. The second-order valence-electron chi connectivity index (χ2n) is 5.93. The third-order valence-electron chi connectivity index (χ3n) is 4.69. The monoisotopic (exact) mass is 223 g/mol. The molecule has 0 aromatic rings. The summed E-state index contributed by atoms with van der Waals surface area (Å²) in [6, 6.07) is 2.35. The Kier molecular flexibility index (Phi) is 4.02. The predicted octanol–water partition coefficient (Wildman–Crippen LogP) is 3.50. The first-order valence-electron chi connectivity index (χ1n) is 6.52. The van der Waals surface area contributed by atoms with Crippen molar-refractivity contribution in [2.75, 3.05) is 0 Å². The Balaban J connectivity index is 2.89. The summed E-state index contributed by atoms with van der Waals surface area (Å²) in [5, 5.41) is 20.1. The zero-order valence-electron chi connectivity index (χ0n) is 11.1. The molecule has 1 aliphatic rings. The van der Waals surface area contributed by atoms with Crippen LogP contribution in [0.1, 0.15) is 59.8 Å². The fourth-order valence-corrected chi connectivity index (χ4v) is 2.88. The second kappa shape index (κ2) is 4.75. The zero-order chi connectivity index (χ0) is 12.4. The van der Waals surface area contributed by atoms with Crippen LogP contribution in [-0.2, 0) is 0 Å². The molecule has 1 N–H and O–H groups in total. The lowest BCUT2D eigenvalue weighted by Gasteiger charge is -2.46. The fraction of sp³-hybridized carbons (Fsp3) is 0.929. The highest BCUT2D eigenvalue weighted by atomic mass is 16.3. The quantitative estimate of drug-likeness (QED) is 0.795. The van der Waals surface area contributed by atoms with Gasteiger partial charge in [0.15, 0.2) is 0 Å². The van der Waals surface area contributed by atoms with E-state index in [1.54, 1.807) is 0 Å². The van der Waals surface area contributed by atoms with Gasteiger partial charge >= 0.3 is 0 Å². The van der Waals surface area contributed by atoms with E-state index in [1.165, 1.54) is 6.42 Å². The van der Waals surface area contributed by atoms with Crippen molar-refractivity contribution in [1.82, 2.24) is 0 Å². The van der Waals surface area contributed by atoms with Gasteiger partial charge in [-0.15, -0.1) is 0 Å². The van der Waals surface area contributed by atoms with Crippen molar-refractivity contribution in [3.8, 4) is 6.07 Å². The Morgan fingerprint density at radius 2 is 2.19 bits per heavy atom. The van der Waals surface area contributed by atoms with E-state index in [1.807, 2.05) is 13.8 Å². The van der Waals surface area contributed by atoms with Crippen LogP contribution in [0.3, 0.4) is 0 Å². The summed E-state index contributed by atoms with van der Waals surface area (Å²) in [5.74, 6) is 1.17. The highest BCUT2D eigenvalue weighted by Crippen LogP contribution is 2.47. The third kappa shape index (κ3) is 2.25. The van der Waals surface area contributed by atoms with Crippen LogP contribution >= 0.6 is 0 Å². The molecule has 0 aromatic heterocycles. The molecule has 0 bridgehead atoms. The molecule has 1 saturated carbocycles.